The van der Waals surface area contributed by atoms with Gasteiger partial charge < -0.3 is 9.15 Å². The number of ether oxygens (including phenoxy) is 1. The molecule has 0 bridgehead atoms. The molecule has 0 unspecified atom stereocenters. The molecule has 0 aliphatic carbocycles. The predicted octanol–water partition coefficient (Wildman–Crippen LogP) is 3.99. The summed E-state index contributed by atoms with van der Waals surface area (Å²) in [5.74, 6) is -0.508. The fourth-order valence-corrected chi connectivity index (χ4v) is 3.52. The second-order valence-electron chi connectivity index (χ2n) is 6.99. The zero-order valence-electron chi connectivity index (χ0n) is 16.7. The standard InChI is InChI=1S/C20H12ClF3N6O3/c1-10-7-11-4-6-26-29(11)16-15(10)27-18(33-19(16)31)13-8-14(32-9-20(22,23)24)28-30(13)17-12(21)3-2-5-25-17/h2-8H,9H2,1H3. The maximum Gasteiger partial charge on any atom is 0.422 e. The number of hydrogen-bond donors (Lipinski definition) is 0. The minimum atomic E-state index is -4.58. The van der Waals surface area contributed by atoms with Crippen molar-refractivity contribution in [2.75, 3.05) is 6.61 Å². The molecule has 5 aromatic heterocycles. The third-order valence-electron chi connectivity index (χ3n) is 4.67. The summed E-state index contributed by atoms with van der Waals surface area (Å²) in [5, 5.41) is 8.30. The first kappa shape index (κ1) is 20.9. The van der Waals surface area contributed by atoms with Crippen LogP contribution in [0.2, 0.25) is 5.02 Å². The number of rotatable bonds is 4. The van der Waals surface area contributed by atoms with E-state index >= 15 is 0 Å². The first-order chi connectivity index (χ1) is 15.7. The number of pyridine rings is 2. The molecular formula is C20H12ClF3N6O3. The number of alkyl halides is 3. The minimum Gasteiger partial charge on any atom is -0.467 e. The Bertz CT molecular complexity index is 1570. The van der Waals surface area contributed by atoms with E-state index < -0.39 is 18.4 Å². The Morgan fingerprint density at radius 1 is 1.21 bits per heavy atom. The maximum atomic E-state index is 12.9. The summed E-state index contributed by atoms with van der Waals surface area (Å²) in [6, 6.07) is 7.77. The van der Waals surface area contributed by atoms with Crippen molar-refractivity contribution in [3.8, 4) is 23.3 Å². The Morgan fingerprint density at radius 3 is 2.79 bits per heavy atom. The van der Waals surface area contributed by atoms with E-state index in [1.165, 1.54) is 23.0 Å². The van der Waals surface area contributed by atoms with Crippen LogP contribution in [0.5, 0.6) is 5.88 Å². The summed E-state index contributed by atoms with van der Waals surface area (Å²) in [6.07, 6.45) is -1.62. The van der Waals surface area contributed by atoms with Gasteiger partial charge in [-0.05, 0) is 36.8 Å². The topological polar surface area (TPSA) is 100 Å². The number of nitrogens with zero attached hydrogens (tertiary/aromatic N) is 6. The summed E-state index contributed by atoms with van der Waals surface area (Å²) in [6.45, 7) is 0.196. The molecule has 5 aromatic rings. The molecule has 13 heteroatoms. The average Bonchev–Trinajstić information content (AvgIpc) is 3.39. The zero-order chi connectivity index (χ0) is 23.3. The second kappa shape index (κ2) is 7.59. The van der Waals surface area contributed by atoms with E-state index in [-0.39, 0.29) is 33.8 Å². The fourth-order valence-electron chi connectivity index (χ4n) is 3.31. The lowest BCUT2D eigenvalue weighted by atomic mass is 10.2. The number of halogens is 4. The summed E-state index contributed by atoms with van der Waals surface area (Å²) < 4.78 is 50.7. The highest BCUT2D eigenvalue weighted by Gasteiger charge is 2.30. The van der Waals surface area contributed by atoms with Crippen molar-refractivity contribution in [3.05, 3.63) is 63.7 Å². The van der Waals surface area contributed by atoms with E-state index in [9.17, 15) is 18.0 Å². The Morgan fingerprint density at radius 2 is 2.03 bits per heavy atom. The van der Waals surface area contributed by atoms with Gasteiger partial charge in [0.15, 0.2) is 17.9 Å². The van der Waals surface area contributed by atoms with Crippen molar-refractivity contribution in [1.29, 1.82) is 0 Å². The average molecular weight is 477 g/mol. The van der Waals surface area contributed by atoms with Gasteiger partial charge in [-0.3, -0.25) is 0 Å². The van der Waals surface area contributed by atoms with Gasteiger partial charge >= 0.3 is 11.8 Å². The lowest BCUT2D eigenvalue weighted by molar-refractivity contribution is -0.154. The zero-order valence-corrected chi connectivity index (χ0v) is 17.4. The molecule has 0 aliphatic rings. The van der Waals surface area contributed by atoms with Crippen molar-refractivity contribution in [3.63, 3.8) is 0 Å². The molecule has 9 nitrogen and oxygen atoms in total. The molecule has 0 spiro atoms. The highest BCUT2D eigenvalue weighted by atomic mass is 35.5. The van der Waals surface area contributed by atoms with Gasteiger partial charge in [-0.1, -0.05) is 11.6 Å². The normalized spacial score (nSPS) is 12.0. The molecule has 5 heterocycles. The predicted molar refractivity (Wildman–Crippen MR) is 111 cm³/mol. The van der Waals surface area contributed by atoms with Crippen molar-refractivity contribution < 1.29 is 22.3 Å². The van der Waals surface area contributed by atoms with Crippen LogP contribution in [-0.2, 0) is 0 Å². The summed E-state index contributed by atoms with van der Waals surface area (Å²) >= 11 is 6.21. The van der Waals surface area contributed by atoms with Gasteiger partial charge in [-0.2, -0.15) is 18.3 Å². The lowest BCUT2D eigenvalue weighted by Crippen LogP contribution is -2.19. The highest BCUT2D eigenvalue weighted by Crippen LogP contribution is 2.30. The maximum absolute atomic E-state index is 12.9. The van der Waals surface area contributed by atoms with E-state index in [4.69, 9.17) is 20.8 Å². The molecule has 0 aromatic carbocycles. The third-order valence-corrected chi connectivity index (χ3v) is 4.97. The van der Waals surface area contributed by atoms with E-state index in [0.717, 1.165) is 10.7 Å². The first-order valence-corrected chi connectivity index (χ1v) is 9.78. The monoisotopic (exact) mass is 476 g/mol. The van der Waals surface area contributed by atoms with Crippen LogP contribution in [-0.4, -0.2) is 42.1 Å². The number of fused-ring (bicyclic) bond motifs is 3. The fraction of sp³-hybridized carbons (Fsp3) is 0.150. The van der Waals surface area contributed by atoms with Crippen LogP contribution in [0.1, 0.15) is 5.56 Å². The highest BCUT2D eigenvalue weighted by molar-refractivity contribution is 6.32. The minimum absolute atomic E-state index is 0.0201. The van der Waals surface area contributed by atoms with E-state index in [2.05, 4.69) is 20.2 Å². The van der Waals surface area contributed by atoms with Crippen LogP contribution in [0.4, 0.5) is 13.2 Å². The summed E-state index contributed by atoms with van der Waals surface area (Å²) in [5.41, 5.74) is 1.04. The molecular weight excluding hydrogens is 465 g/mol. The van der Waals surface area contributed by atoms with Gasteiger partial charge in [0.25, 0.3) is 0 Å². The van der Waals surface area contributed by atoms with Crippen molar-refractivity contribution in [1.82, 2.24) is 29.4 Å². The van der Waals surface area contributed by atoms with Gasteiger partial charge in [-0.15, -0.1) is 5.10 Å². The smallest absolute Gasteiger partial charge is 0.422 e. The van der Waals surface area contributed by atoms with Gasteiger partial charge in [0, 0.05) is 12.3 Å². The third kappa shape index (κ3) is 3.78. The van der Waals surface area contributed by atoms with Crippen LogP contribution in [0.3, 0.4) is 0 Å². The number of hydrogen-bond acceptors (Lipinski definition) is 7. The van der Waals surface area contributed by atoms with Crippen LogP contribution in [0, 0.1) is 6.92 Å². The molecule has 0 fully saturated rings. The molecule has 0 amide bonds. The molecule has 0 N–H and O–H groups in total. The van der Waals surface area contributed by atoms with E-state index in [0.29, 0.717) is 16.6 Å². The van der Waals surface area contributed by atoms with Crippen molar-refractivity contribution in [2.45, 2.75) is 13.1 Å². The molecule has 168 valence electrons. The van der Waals surface area contributed by atoms with Crippen LogP contribution >= 0.6 is 11.6 Å². The SMILES string of the molecule is Cc1cc2ccnn2c2c(=O)oc(-c3cc(OCC(F)(F)F)nn3-c3ncccc3Cl)nc12. The second-order valence-corrected chi connectivity index (χ2v) is 7.40. The Balaban J connectivity index is 1.73. The van der Waals surface area contributed by atoms with E-state index in [1.54, 1.807) is 25.1 Å². The molecule has 0 aliphatic heterocycles. The first-order valence-electron chi connectivity index (χ1n) is 9.40. The quantitative estimate of drug-likeness (QED) is 0.386. The van der Waals surface area contributed by atoms with Gasteiger partial charge in [-0.25, -0.2) is 24.0 Å². The van der Waals surface area contributed by atoms with Gasteiger partial charge in [0.2, 0.25) is 11.8 Å². The van der Waals surface area contributed by atoms with Crippen LogP contribution in [0.15, 0.2) is 51.9 Å². The lowest BCUT2D eigenvalue weighted by Gasteiger charge is -2.08. The summed E-state index contributed by atoms with van der Waals surface area (Å²) in [7, 11) is 0. The molecule has 33 heavy (non-hydrogen) atoms. The molecule has 0 saturated carbocycles. The molecule has 0 saturated heterocycles. The largest absolute Gasteiger partial charge is 0.467 e. The van der Waals surface area contributed by atoms with E-state index in [1.807, 2.05) is 0 Å². The molecule has 0 radical (unpaired) electrons. The van der Waals surface area contributed by atoms with Crippen molar-refractivity contribution >= 4 is 28.2 Å². The Labute approximate surface area is 187 Å². The van der Waals surface area contributed by atoms with Crippen molar-refractivity contribution in [2.24, 2.45) is 0 Å². The number of aromatic nitrogens is 6. The Hall–Kier alpha value is -3.93. The molecule has 5 rings (SSSR count). The number of aryl methyl sites for hydroxylation is 1. The van der Waals surface area contributed by atoms with Crippen LogP contribution in [0.25, 0.3) is 34.0 Å². The summed E-state index contributed by atoms with van der Waals surface area (Å²) in [4.78, 5) is 21.5. The van der Waals surface area contributed by atoms with Gasteiger partial charge in [0.05, 0.1) is 16.7 Å². The molecule has 0 atom stereocenters. The van der Waals surface area contributed by atoms with Gasteiger partial charge in [0.1, 0.15) is 11.2 Å². The Kier molecular flexibility index (Phi) is 4.81. The van der Waals surface area contributed by atoms with Crippen LogP contribution < -0.4 is 10.4 Å².